The molecular weight excluding hydrogens is 248 g/mol. The van der Waals surface area contributed by atoms with Crippen LogP contribution in [-0.2, 0) is 0 Å². The van der Waals surface area contributed by atoms with E-state index in [-0.39, 0.29) is 0 Å². The molecule has 0 nitrogen and oxygen atoms in total. The molecule has 0 fully saturated rings. The van der Waals surface area contributed by atoms with Crippen molar-refractivity contribution >= 4 is 15.9 Å². The number of hydrogen-bond acceptors (Lipinski definition) is 0. The molecule has 0 aliphatic heterocycles. The van der Waals surface area contributed by atoms with Crippen molar-refractivity contribution < 1.29 is 0 Å². The zero-order valence-electron chi connectivity index (χ0n) is 11.7. The van der Waals surface area contributed by atoms with Crippen LogP contribution in [0.3, 0.4) is 0 Å². The molecule has 0 N–H and O–H groups in total. The maximum absolute atomic E-state index is 3.53. The predicted molar refractivity (Wildman–Crippen MR) is 74.7 cm³/mol. The molecule has 0 spiro atoms. The van der Waals surface area contributed by atoms with Gasteiger partial charge in [-0.1, -0.05) is 64.4 Å². The van der Waals surface area contributed by atoms with Crippen LogP contribution in [0.2, 0.25) is 0 Å². The second-order valence-electron chi connectivity index (χ2n) is 7.30. The zero-order valence-corrected chi connectivity index (χ0v) is 13.3. The highest BCUT2D eigenvalue weighted by atomic mass is 79.9. The van der Waals surface area contributed by atoms with E-state index < -0.39 is 0 Å². The molecule has 0 unspecified atom stereocenters. The van der Waals surface area contributed by atoms with Crippen molar-refractivity contribution in [3.63, 3.8) is 0 Å². The largest absolute Gasteiger partial charge is 0.0928 e. The third-order valence-corrected chi connectivity index (χ3v) is 4.30. The van der Waals surface area contributed by atoms with E-state index in [1.54, 1.807) is 0 Å². The van der Waals surface area contributed by atoms with Crippen LogP contribution < -0.4 is 0 Å². The van der Waals surface area contributed by atoms with Crippen LogP contribution in [0.4, 0.5) is 0 Å². The van der Waals surface area contributed by atoms with Gasteiger partial charge in [0, 0.05) is 5.33 Å². The quantitative estimate of drug-likeness (QED) is 0.569. The average Bonchev–Trinajstić information content (AvgIpc) is 1.96. The Morgan fingerprint density at radius 1 is 0.800 bits per heavy atom. The average molecular weight is 277 g/mol. The molecule has 0 aromatic carbocycles. The van der Waals surface area contributed by atoms with E-state index in [0.29, 0.717) is 16.2 Å². The number of halogens is 1. The lowest BCUT2D eigenvalue weighted by Gasteiger charge is -2.45. The van der Waals surface area contributed by atoms with Crippen LogP contribution in [0.25, 0.3) is 0 Å². The molecule has 0 amide bonds. The summed E-state index contributed by atoms with van der Waals surface area (Å²) in [6.07, 6.45) is 3.87. The van der Waals surface area contributed by atoms with E-state index >= 15 is 0 Å². The standard InChI is InChI=1S/C14H29Br/c1-12(2,3)11-14(6,7)13(4,5)9-8-10-15/h8-11H2,1-7H3. The van der Waals surface area contributed by atoms with E-state index in [9.17, 15) is 0 Å². The van der Waals surface area contributed by atoms with Gasteiger partial charge in [-0.2, -0.15) is 0 Å². The molecule has 0 bridgehead atoms. The summed E-state index contributed by atoms with van der Waals surface area (Å²) in [4.78, 5) is 0. The first-order valence-corrected chi connectivity index (χ1v) is 7.20. The molecule has 0 aromatic rings. The first-order valence-electron chi connectivity index (χ1n) is 6.08. The fourth-order valence-corrected chi connectivity index (χ4v) is 2.69. The molecule has 92 valence electrons. The van der Waals surface area contributed by atoms with Gasteiger partial charge in [-0.3, -0.25) is 0 Å². The molecule has 0 atom stereocenters. The summed E-state index contributed by atoms with van der Waals surface area (Å²) in [6, 6.07) is 0. The summed E-state index contributed by atoms with van der Waals surface area (Å²) >= 11 is 3.53. The molecule has 0 rings (SSSR count). The molecule has 0 radical (unpaired) electrons. The summed E-state index contributed by atoms with van der Waals surface area (Å²) in [5.41, 5.74) is 1.26. The number of rotatable bonds is 5. The van der Waals surface area contributed by atoms with Crippen molar-refractivity contribution in [2.75, 3.05) is 5.33 Å². The minimum Gasteiger partial charge on any atom is -0.0928 e. The lowest BCUT2D eigenvalue weighted by atomic mass is 9.60. The van der Waals surface area contributed by atoms with Crippen LogP contribution in [0.5, 0.6) is 0 Å². The van der Waals surface area contributed by atoms with E-state index in [2.05, 4.69) is 64.4 Å². The molecule has 1 heteroatoms. The van der Waals surface area contributed by atoms with Gasteiger partial charge in [-0.25, -0.2) is 0 Å². The molecular formula is C14H29Br. The van der Waals surface area contributed by atoms with Gasteiger partial charge in [0.15, 0.2) is 0 Å². The lowest BCUT2D eigenvalue weighted by Crippen LogP contribution is -2.36. The minimum atomic E-state index is 0.410. The SMILES string of the molecule is CC(C)(C)CC(C)(C)C(C)(C)CCCBr. The summed E-state index contributed by atoms with van der Waals surface area (Å²) in [5, 5.41) is 1.13. The highest BCUT2D eigenvalue weighted by Crippen LogP contribution is 2.48. The predicted octanol–water partition coefficient (Wildman–Crippen LogP) is 5.65. The Bertz CT molecular complexity index is 184. The molecule has 0 aliphatic rings. The zero-order chi connectivity index (χ0) is 12.3. The van der Waals surface area contributed by atoms with Gasteiger partial charge in [-0.05, 0) is 35.5 Å². The highest BCUT2D eigenvalue weighted by Gasteiger charge is 2.38. The van der Waals surface area contributed by atoms with Gasteiger partial charge in [0.05, 0.1) is 0 Å². The van der Waals surface area contributed by atoms with Crippen molar-refractivity contribution in [1.82, 2.24) is 0 Å². The molecule has 15 heavy (non-hydrogen) atoms. The van der Waals surface area contributed by atoms with Crippen molar-refractivity contribution in [3.8, 4) is 0 Å². The first kappa shape index (κ1) is 15.5. The molecule has 0 aliphatic carbocycles. The Morgan fingerprint density at radius 3 is 1.60 bits per heavy atom. The Morgan fingerprint density at radius 2 is 1.27 bits per heavy atom. The van der Waals surface area contributed by atoms with Crippen molar-refractivity contribution in [1.29, 1.82) is 0 Å². The monoisotopic (exact) mass is 276 g/mol. The van der Waals surface area contributed by atoms with Gasteiger partial charge < -0.3 is 0 Å². The molecule has 0 heterocycles. The van der Waals surface area contributed by atoms with Gasteiger partial charge in [-0.15, -0.1) is 0 Å². The lowest BCUT2D eigenvalue weighted by molar-refractivity contribution is 0.0502. The van der Waals surface area contributed by atoms with Gasteiger partial charge in [0.1, 0.15) is 0 Å². The third-order valence-electron chi connectivity index (χ3n) is 3.74. The smallest absolute Gasteiger partial charge is 0.00315 e. The van der Waals surface area contributed by atoms with E-state index in [1.165, 1.54) is 19.3 Å². The number of alkyl halides is 1. The van der Waals surface area contributed by atoms with Crippen molar-refractivity contribution in [3.05, 3.63) is 0 Å². The summed E-state index contributed by atoms with van der Waals surface area (Å²) in [6.45, 7) is 16.7. The maximum Gasteiger partial charge on any atom is 0.00315 e. The van der Waals surface area contributed by atoms with Crippen molar-refractivity contribution in [2.45, 2.75) is 67.7 Å². The van der Waals surface area contributed by atoms with E-state index in [0.717, 1.165) is 5.33 Å². The maximum atomic E-state index is 3.53. The topological polar surface area (TPSA) is 0 Å². The van der Waals surface area contributed by atoms with Crippen LogP contribution in [0.1, 0.15) is 67.7 Å². The second-order valence-corrected chi connectivity index (χ2v) is 8.09. The Balaban J connectivity index is 4.54. The Hall–Kier alpha value is 0.480. The van der Waals surface area contributed by atoms with Gasteiger partial charge >= 0.3 is 0 Å². The Labute approximate surface area is 105 Å². The minimum absolute atomic E-state index is 0.410. The summed E-state index contributed by atoms with van der Waals surface area (Å²) in [7, 11) is 0. The second kappa shape index (κ2) is 5.21. The van der Waals surface area contributed by atoms with E-state index in [4.69, 9.17) is 0 Å². The molecule has 0 aromatic heterocycles. The molecule has 0 saturated carbocycles. The van der Waals surface area contributed by atoms with E-state index in [1.807, 2.05) is 0 Å². The normalized spacial score (nSPS) is 14.4. The summed E-state index contributed by atoms with van der Waals surface area (Å²) in [5.74, 6) is 0. The molecule has 0 saturated heterocycles. The first-order chi connectivity index (χ1) is 6.52. The van der Waals surface area contributed by atoms with Gasteiger partial charge in [0.2, 0.25) is 0 Å². The van der Waals surface area contributed by atoms with Crippen LogP contribution in [0, 0.1) is 16.2 Å². The number of hydrogen-bond donors (Lipinski definition) is 0. The Kier molecular flexibility index (Phi) is 5.37. The summed E-state index contributed by atoms with van der Waals surface area (Å²) < 4.78 is 0. The fraction of sp³-hybridized carbons (Fsp3) is 1.00. The van der Waals surface area contributed by atoms with Crippen LogP contribution in [0.15, 0.2) is 0 Å². The van der Waals surface area contributed by atoms with Crippen LogP contribution >= 0.6 is 15.9 Å². The van der Waals surface area contributed by atoms with Crippen molar-refractivity contribution in [2.24, 2.45) is 16.2 Å². The highest BCUT2D eigenvalue weighted by molar-refractivity contribution is 9.09. The fourth-order valence-electron chi connectivity index (χ4n) is 2.41. The van der Waals surface area contributed by atoms with Crippen LogP contribution in [-0.4, -0.2) is 5.33 Å². The van der Waals surface area contributed by atoms with Gasteiger partial charge in [0.25, 0.3) is 0 Å². The third kappa shape index (κ3) is 5.38.